The van der Waals surface area contributed by atoms with Gasteiger partial charge in [-0.15, -0.1) is 0 Å². The summed E-state index contributed by atoms with van der Waals surface area (Å²) in [5.74, 6) is -0.573. The third-order valence-corrected chi connectivity index (χ3v) is 5.80. The van der Waals surface area contributed by atoms with Crippen LogP contribution in [0.2, 0.25) is 0 Å². The standard InChI is InChI=1S/C26H27N5O3/c1-14-4-5-18(27)11-20(14)23-9-16(8-15(2)30-23)25(33)31-24(26(34)28-3)10-17-13-29-22-7-6-19(32)12-21(17)22/h4-9,11-13,24,29,32H,10,27H2,1-3H3,(H,28,34)(H,31,33)/t24-/m0/s1. The van der Waals surface area contributed by atoms with Crippen molar-refractivity contribution in [3.05, 3.63) is 77.1 Å². The molecule has 2 heterocycles. The van der Waals surface area contributed by atoms with E-state index in [2.05, 4.69) is 20.6 Å². The fourth-order valence-corrected chi connectivity index (χ4v) is 4.03. The van der Waals surface area contributed by atoms with Crippen LogP contribution in [0.3, 0.4) is 0 Å². The second-order valence-corrected chi connectivity index (χ2v) is 8.35. The molecule has 8 nitrogen and oxygen atoms in total. The number of phenols is 1. The van der Waals surface area contributed by atoms with Crippen LogP contribution in [0.4, 0.5) is 5.69 Å². The van der Waals surface area contributed by atoms with Gasteiger partial charge in [0.15, 0.2) is 0 Å². The molecule has 2 aromatic heterocycles. The summed E-state index contributed by atoms with van der Waals surface area (Å²) < 4.78 is 0. The summed E-state index contributed by atoms with van der Waals surface area (Å²) in [5, 5.41) is 16.1. The van der Waals surface area contributed by atoms with Crippen molar-refractivity contribution in [3.8, 4) is 17.0 Å². The molecule has 0 radical (unpaired) electrons. The Labute approximate surface area is 197 Å². The normalized spacial score (nSPS) is 11.9. The highest BCUT2D eigenvalue weighted by Gasteiger charge is 2.23. The first-order valence-electron chi connectivity index (χ1n) is 10.9. The number of nitrogen functional groups attached to an aromatic ring is 1. The highest BCUT2D eigenvalue weighted by molar-refractivity contribution is 5.98. The molecule has 174 valence electrons. The van der Waals surface area contributed by atoms with E-state index < -0.39 is 6.04 Å². The van der Waals surface area contributed by atoms with E-state index in [4.69, 9.17) is 5.73 Å². The summed E-state index contributed by atoms with van der Waals surface area (Å²) in [6.07, 6.45) is 2.03. The number of amides is 2. The number of benzene rings is 2. The number of nitrogens with two attached hydrogens (primary N) is 1. The van der Waals surface area contributed by atoms with Crippen molar-refractivity contribution >= 4 is 28.4 Å². The van der Waals surface area contributed by atoms with Gasteiger partial charge in [0.05, 0.1) is 5.69 Å². The number of aromatic nitrogens is 2. The number of likely N-dealkylation sites (N-methyl/N-ethyl adjacent to an activating group) is 1. The lowest BCUT2D eigenvalue weighted by molar-refractivity contribution is -0.122. The maximum Gasteiger partial charge on any atom is 0.252 e. The Hall–Kier alpha value is -4.33. The highest BCUT2D eigenvalue weighted by atomic mass is 16.3. The quantitative estimate of drug-likeness (QED) is 0.284. The lowest BCUT2D eigenvalue weighted by Gasteiger charge is -2.18. The smallest absolute Gasteiger partial charge is 0.252 e. The van der Waals surface area contributed by atoms with Gasteiger partial charge >= 0.3 is 0 Å². The molecule has 1 atom stereocenters. The Kier molecular flexibility index (Phi) is 6.23. The number of carbonyl (C=O) groups is 2. The van der Waals surface area contributed by atoms with E-state index in [1.165, 1.54) is 7.05 Å². The second kappa shape index (κ2) is 9.27. The zero-order valence-electron chi connectivity index (χ0n) is 19.3. The molecule has 4 rings (SSSR count). The molecule has 0 aliphatic heterocycles. The topological polar surface area (TPSA) is 133 Å². The summed E-state index contributed by atoms with van der Waals surface area (Å²) >= 11 is 0. The Morgan fingerprint density at radius 1 is 1.12 bits per heavy atom. The van der Waals surface area contributed by atoms with Crippen molar-refractivity contribution in [3.63, 3.8) is 0 Å². The van der Waals surface area contributed by atoms with E-state index in [9.17, 15) is 14.7 Å². The van der Waals surface area contributed by atoms with E-state index in [1.54, 1.807) is 36.5 Å². The molecule has 0 saturated heterocycles. The molecule has 8 heteroatoms. The van der Waals surface area contributed by atoms with Crippen molar-refractivity contribution < 1.29 is 14.7 Å². The number of fused-ring (bicyclic) bond motifs is 1. The zero-order valence-corrected chi connectivity index (χ0v) is 19.3. The number of phenolic OH excluding ortho intramolecular Hbond substituents is 1. The molecule has 0 saturated carbocycles. The maximum atomic E-state index is 13.2. The first-order chi connectivity index (χ1) is 16.2. The van der Waals surface area contributed by atoms with Gasteiger partial charge < -0.3 is 26.5 Å². The molecule has 0 aliphatic rings. The maximum absolute atomic E-state index is 13.2. The third kappa shape index (κ3) is 4.71. The molecule has 0 fully saturated rings. The summed E-state index contributed by atoms with van der Waals surface area (Å²) in [6.45, 7) is 3.77. The first kappa shape index (κ1) is 22.8. The number of pyridine rings is 1. The van der Waals surface area contributed by atoms with Crippen LogP contribution < -0.4 is 16.4 Å². The molecule has 0 spiro atoms. The minimum Gasteiger partial charge on any atom is -0.508 e. The summed E-state index contributed by atoms with van der Waals surface area (Å²) in [4.78, 5) is 33.6. The minimum absolute atomic E-state index is 0.130. The second-order valence-electron chi connectivity index (χ2n) is 8.35. The summed E-state index contributed by atoms with van der Waals surface area (Å²) in [6, 6.07) is 13.1. The molecule has 0 unspecified atom stereocenters. The Morgan fingerprint density at radius 3 is 2.68 bits per heavy atom. The van der Waals surface area contributed by atoms with Crippen LogP contribution in [0, 0.1) is 13.8 Å². The molecular formula is C26H27N5O3. The van der Waals surface area contributed by atoms with Gasteiger partial charge in [-0.3, -0.25) is 14.6 Å². The molecular weight excluding hydrogens is 430 g/mol. The van der Waals surface area contributed by atoms with Crippen molar-refractivity contribution in [2.24, 2.45) is 0 Å². The lowest BCUT2D eigenvalue weighted by atomic mass is 10.0. The van der Waals surface area contributed by atoms with Crippen LogP contribution in [0.15, 0.2) is 54.7 Å². The number of anilines is 1. The SMILES string of the molecule is CNC(=O)[C@H](Cc1c[nH]c2ccc(O)cc12)NC(=O)c1cc(C)nc(-c2cc(N)ccc2C)c1. The van der Waals surface area contributed by atoms with Crippen LogP contribution in [-0.2, 0) is 11.2 Å². The number of nitrogens with zero attached hydrogens (tertiary/aromatic N) is 1. The minimum atomic E-state index is -0.815. The Bertz CT molecular complexity index is 1390. The summed E-state index contributed by atoms with van der Waals surface area (Å²) in [7, 11) is 1.53. The van der Waals surface area contributed by atoms with Gasteiger partial charge in [-0.1, -0.05) is 6.07 Å². The first-order valence-corrected chi connectivity index (χ1v) is 10.9. The monoisotopic (exact) mass is 457 g/mol. The number of carbonyl (C=O) groups excluding carboxylic acids is 2. The molecule has 2 amide bonds. The Morgan fingerprint density at radius 2 is 1.91 bits per heavy atom. The van der Waals surface area contributed by atoms with E-state index in [0.29, 0.717) is 22.6 Å². The highest BCUT2D eigenvalue weighted by Crippen LogP contribution is 2.26. The number of hydrogen-bond donors (Lipinski definition) is 5. The molecule has 34 heavy (non-hydrogen) atoms. The van der Waals surface area contributed by atoms with E-state index in [0.717, 1.165) is 27.6 Å². The summed E-state index contributed by atoms with van der Waals surface area (Å²) in [5.41, 5.74) is 11.8. The van der Waals surface area contributed by atoms with Crippen molar-refractivity contribution in [1.82, 2.24) is 20.6 Å². The lowest BCUT2D eigenvalue weighted by Crippen LogP contribution is -2.47. The zero-order chi connectivity index (χ0) is 24.4. The Balaban J connectivity index is 1.63. The number of aryl methyl sites for hydroxylation is 2. The van der Waals surface area contributed by atoms with Crippen LogP contribution in [-0.4, -0.2) is 40.0 Å². The molecule has 0 aliphatic carbocycles. The predicted octanol–water partition coefficient (Wildman–Crippen LogP) is 3.22. The van der Waals surface area contributed by atoms with Gasteiger partial charge in [-0.05, 0) is 67.4 Å². The number of rotatable bonds is 6. The van der Waals surface area contributed by atoms with Crippen LogP contribution in [0.5, 0.6) is 5.75 Å². The number of nitrogens with one attached hydrogen (secondary N) is 3. The molecule has 0 bridgehead atoms. The predicted molar refractivity (Wildman–Crippen MR) is 133 cm³/mol. The number of aromatic amines is 1. The largest absolute Gasteiger partial charge is 0.508 e. The van der Waals surface area contributed by atoms with E-state index in [1.807, 2.05) is 32.0 Å². The van der Waals surface area contributed by atoms with Gasteiger partial charge in [0, 0.05) is 53.1 Å². The van der Waals surface area contributed by atoms with E-state index >= 15 is 0 Å². The molecule has 4 aromatic rings. The number of hydrogen-bond acceptors (Lipinski definition) is 5. The average Bonchev–Trinajstić information content (AvgIpc) is 3.20. The van der Waals surface area contributed by atoms with Crippen molar-refractivity contribution in [1.29, 1.82) is 0 Å². The van der Waals surface area contributed by atoms with Crippen LogP contribution in [0.1, 0.15) is 27.2 Å². The number of aromatic hydroxyl groups is 1. The molecule has 2 aromatic carbocycles. The van der Waals surface area contributed by atoms with Gasteiger partial charge in [-0.25, -0.2) is 0 Å². The van der Waals surface area contributed by atoms with Crippen molar-refractivity contribution in [2.75, 3.05) is 12.8 Å². The van der Waals surface area contributed by atoms with Gasteiger partial charge in [0.2, 0.25) is 5.91 Å². The van der Waals surface area contributed by atoms with Crippen LogP contribution in [0.25, 0.3) is 22.2 Å². The van der Waals surface area contributed by atoms with Gasteiger partial charge in [0.1, 0.15) is 11.8 Å². The number of H-pyrrole nitrogens is 1. The van der Waals surface area contributed by atoms with Crippen molar-refractivity contribution in [2.45, 2.75) is 26.3 Å². The van der Waals surface area contributed by atoms with Crippen LogP contribution >= 0.6 is 0 Å². The van der Waals surface area contributed by atoms with E-state index in [-0.39, 0.29) is 24.0 Å². The van der Waals surface area contributed by atoms with Gasteiger partial charge in [0.25, 0.3) is 5.91 Å². The fraction of sp³-hybridized carbons (Fsp3) is 0.192. The average molecular weight is 458 g/mol. The fourth-order valence-electron chi connectivity index (χ4n) is 4.03. The van der Waals surface area contributed by atoms with Gasteiger partial charge in [-0.2, -0.15) is 0 Å². The third-order valence-electron chi connectivity index (χ3n) is 5.80. The molecule has 6 N–H and O–H groups in total.